The average Bonchev–Trinajstić information content (AvgIpc) is 2.23. The Morgan fingerprint density at radius 2 is 1.80 bits per heavy atom. The fourth-order valence-corrected chi connectivity index (χ4v) is 6.40. The van der Waals surface area contributed by atoms with E-state index in [1.807, 2.05) is 0 Å². The summed E-state index contributed by atoms with van der Waals surface area (Å²) in [6.45, 7) is 7.56. The van der Waals surface area contributed by atoms with Crippen molar-refractivity contribution in [3.05, 3.63) is 0 Å². The van der Waals surface area contributed by atoms with E-state index in [9.17, 15) is 4.79 Å². The first kappa shape index (κ1) is 14.4. The normalized spacial score (nSPS) is 47.3. The van der Waals surface area contributed by atoms with Gasteiger partial charge in [-0.15, -0.1) is 0 Å². The van der Waals surface area contributed by atoms with E-state index in [-0.39, 0.29) is 11.5 Å². The van der Waals surface area contributed by atoms with Gasteiger partial charge >= 0.3 is 0 Å². The van der Waals surface area contributed by atoms with Crippen molar-refractivity contribution in [3.63, 3.8) is 0 Å². The lowest BCUT2D eigenvalue weighted by atomic mass is 9.40. The quantitative estimate of drug-likeness (QED) is 0.831. The first-order valence-electron chi connectivity index (χ1n) is 8.29. The summed E-state index contributed by atoms with van der Waals surface area (Å²) < 4.78 is 0. The summed E-state index contributed by atoms with van der Waals surface area (Å²) in [5.41, 5.74) is 6.34. The molecule has 0 spiro atoms. The Balaban J connectivity index is 1.80. The zero-order valence-corrected chi connectivity index (χ0v) is 13.3. The van der Waals surface area contributed by atoms with Gasteiger partial charge in [-0.3, -0.25) is 4.79 Å². The minimum Gasteiger partial charge on any atom is -0.353 e. The molecular weight excluding hydrogens is 248 g/mol. The van der Waals surface area contributed by atoms with Crippen LogP contribution >= 0.6 is 0 Å². The van der Waals surface area contributed by atoms with Gasteiger partial charge in [-0.1, -0.05) is 13.8 Å². The zero-order valence-electron chi connectivity index (χ0n) is 13.3. The largest absolute Gasteiger partial charge is 0.353 e. The highest BCUT2D eigenvalue weighted by Crippen LogP contribution is 2.69. The first-order valence-corrected chi connectivity index (χ1v) is 8.29. The first-order chi connectivity index (χ1) is 9.28. The fraction of sp³-hybridized carbons (Fsp3) is 0.941. The molecule has 4 saturated carbocycles. The van der Waals surface area contributed by atoms with Crippen LogP contribution in [0.1, 0.15) is 65.7 Å². The maximum absolute atomic E-state index is 12.9. The van der Waals surface area contributed by atoms with Crippen LogP contribution in [-0.2, 0) is 4.79 Å². The SMILES string of the molecule is CC(CCN)NC(=O)C12CC3CC(C)(CC(C)(C3)C1)C2. The van der Waals surface area contributed by atoms with Crippen LogP contribution in [0.4, 0.5) is 0 Å². The Kier molecular flexibility index (Phi) is 3.20. The molecule has 20 heavy (non-hydrogen) atoms. The van der Waals surface area contributed by atoms with Gasteiger partial charge in [0.05, 0.1) is 5.41 Å². The molecule has 114 valence electrons. The molecule has 3 atom stereocenters. The second-order valence-electron chi connectivity index (χ2n) is 8.86. The third kappa shape index (κ3) is 2.28. The van der Waals surface area contributed by atoms with Gasteiger partial charge in [0.25, 0.3) is 0 Å². The van der Waals surface area contributed by atoms with Crippen molar-refractivity contribution in [2.45, 2.75) is 71.8 Å². The van der Waals surface area contributed by atoms with E-state index in [0.29, 0.717) is 23.3 Å². The molecular formula is C17H30N2O. The Labute approximate surface area is 123 Å². The van der Waals surface area contributed by atoms with Crippen LogP contribution in [0.5, 0.6) is 0 Å². The number of hydrogen-bond donors (Lipinski definition) is 2. The predicted octanol–water partition coefficient (Wildman–Crippen LogP) is 2.84. The Hall–Kier alpha value is -0.570. The maximum Gasteiger partial charge on any atom is 0.226 e. The van der Waals surface area contributed by atoms with E-state index in [0.717, 1.165) is 31.6 Å². The molecule has 0 radical (unpaired) electrons. The van der Waals surface area contributed by atoms with Gasteiger partial charge in [0.15, 0.2) is 0 Å². The maximum atomic E-state index is 12.9. The van der Waals surface area contributed by atoms with E-state index in [1.165, 1.54) is 19.3 Å². The van der Waals surface area contributed by atoms with Gasteiger partial charge in [-0.25, -0.2) is 0 Å². The lowest BCUT2D eigenvalue weighted by molar-refractivity contribution is -0.170. The van der Waals surface area contributed by atoms with Crippen LogP contribution in [0.25, 0.3) is 0 Å². The molecule has 1 amide bonds. The highest BCUT2D eigenvalue weighted by atomic mass is 16.2. The number of carbonyl (C=O) groups is 1. The minimum atomic E-state index is -0.0776. The number of carbonyl (C=O) groups excluding carboxylic acids is 1. The van der Waals surface area contributed by atoms with Crippen LogP contribution in [0.15, 0.2) is 0 Å². The molecule has 0 saturated heterocycles. The van der Waals surface area contributed by atoms with E-state index >= 15 is 0 Å². The molecule has 3 heteroatoms. The van der Waals surface area contributed by atoms with Gasteiger partial charge in [-0.2, -0.15) is 0 Å². The van der Waals surface area contributed by atoms with Crippen molar-refractivity contribution < 1.29 is 4.79 Å². The number of rotatable bonds is 4. The second kappa shape index (κ2) is 4.46. The molecule has 0 aliphatic heterocycles. The predicted molar refractivity (Wildman–Crippen MR) is 81.1 cm³/mol. The molecule has 3 N–H and O–H groups in total. The van der Waals surface area contributed by atoms with E-state index in [1.54, 1.807) is 0 Å². The van der Waals surface area contributed by atoms with Crippen molar-refractivity contribution in [1.29, 1.82) is 0 Å². The molecule has 4 aliphatic carbocycles. The van der Waals surface area contributed by atoms with Gasteiger partial charge in [0.1, 0.15) is 0 Å². The monoisotopic (exact) mass is 278 g/mol. The van der Waals surface area contributed by atoms with Gasteiger partial charge in [-0.05, 0) is 75.2 Å². The third-order valence-corrected chi connectivity index (χ3v) is 6.09. The molecule has 4 aliphatic rings. The van der Waals surface area contributed by atoms with Crippen LogP contribution in [0, 0.1) is 22.2 Å². The molecule has 0 aromatic carbocycles. The lowest BCUT2D eigenvalue weighted by Gasteiger charge is -2.64. The van der Waals surface area contributed by atoms with Crippen molar-refractivity contribution in [1.82, 2.24) is 5.32 Å². The van der Waals surface area contributed by atoms with Crippen molar-refractivity contribution in [2.75, 3.05) is 6.54 Å². The molecule has 3 nitrogen and oxygen atoms in total. The summed E-state index contributed by atoms with van der Waals surface area (Å²) in [6, 6.07) is 0.209. The Morgan fingerprint density at radius 3 is 2.30 bits per heavy atom. The fourth-order valence-electron chi connectivity index (χ4n) is 6.40. The summed E-state index contributed by atoms with van der Waals surface area (Å²) in [6.07, 6.45) is 8.22. The van der Waals surface area contributed by atoms with E-state index in [2.05, 4.69) is 26.1 Å². The molecule has 4 bridgehead atoms. The zero-order chi connectivity index (χ0) is 14.6. The topological polar surface area (TPSA) is 55.1 Å². The molecule has 0 aromatic heterocycles. The van der Waals surface area contributed by atoms with Crippen LogP contribution in [0.2, 0.25) is 0 Å². The Bertz CT molecular complexity index is 401. The number of nitrogens with two attached hydrogens (primary N) is 1. The minimum absolute atomic E-state index is 0.0776. The summed E-state index contributed by atoms with van der Waals surface area (Å²) in [4.78, 5) is 12.9. The number of hydrogen-bond acceptors (Lipinski definition) is 2. The van der Waals surface area contributed by atoms with E-state index < -0.39 is 0 Å². The van der Waals surface area contributed by atoms with Crippen LogP contribution in [-0.4, -0.2) is 18.5 Å². The number of amides is 1. The summed E-state index contributed by atoms with van der Waals surface area (Å²) in [5, 5.41) is 3.25. The van der Waals surface area contributed by atoms with Gasteiger partial charge in [0, 0.05) is 6.04 Å². The van der Waals surface area contributed by atoms with Crippen LogP contribution < -0.4 is 11.1 Å². The second-order valence-corrected chi connectivity index (χ2v) is 8.86. The summed E-state index contributed by atoms with van der Waals surface area (Å²) in [7, 11) is 0. The standard InChI is InChI=1S/C17H30N2O/c1-12(4-5-18)19-14(20)17-8-13-6-15(2,10-17)9-16(3,7-13)11-17/h12-13H,4-11,18H2,1-3H3,(H,19,20). The van der Waals surface area contributed by atoms with Crippen molar-refractivity contribution >= 4 is 5.91 Å². The van der Waals surface area contributed by atoms with Crippen LogP contribution in [0.3, 0.4) is 0 Å². The number of nitrogens with one attached hydrogen (secondary N) is 1. The molecule has 0 heterocycles. The van der Waals surface area contributed by atoms with E-state index in [4.69, 9.17) is 5.73 Å². The third-order valence-electron chi connectivity index (χ3n) is 6.09. The average molecular weight is 278 g/mol. The smallest absolute Gasteiger partial charge is 0.226 e. The highest BCUT2D eigenvalue weighted by Gasteiger charge is 2.62. The summed E-state index contributed by atoms with van der Waals surface area (Å²) >= 11 is 0. The molecule has 3 unspecified atom stereocenters. The van der Waals surface area contributed by atoms with Crippen molar-refractivity contribution in [3.8, 4) is 0 Å². The summed E-state index contributed by atoms with van der Waals surface area (Å²) in [5.74, 6) is 1.09. The van der Waals surface area contributed by atoms with Gasteiger partial charge in [0.2, 0.25) is 5.91 Å². The molecule has 0 aromatic rings. The van der Waals surface area contributed by atoms with Gasteiger partial charge < -0.3 is 11.1 Å². The highest BCUT2D eigenvalue weighted by molar-refractivity contribution is 5.83. The molecule has 4 rings (SSSR count). The van der Waals surface area contributed by atoms with Crippen molar-refractivity contribution in [2.24, 2.45) is 27.9 Å². The lowest BCUT2D eigenvalue weighted by Crippen LogP contribution is -2.60. The molecule has 4 fully saturated rings. The Morgan fingerprint density at radius 1 is 1.20 bits per heavy atom.